The van der Waals surface area contributed by atoms with Crippen LogP contribution >= 0.6 is 12.0 Å². The maximum Gasteiger partial charge on any atom is 0.152 e. The summed E-state index contributed by atoms with van der Waals surface area (Å²) in [4.78, 5) is 0.478. The summed E-state index contributed by atoms with van der Waals surface area (Å²) in [6.07, 6.45) is 0. The minimum absolute atomic E-state index is 0.00254. The molecule has 152 valence electrons. The first-order valence-electron chi connectivity index (χ1n) is 8.55. The van der Waals surface area contributed by atoms with Gasteiger partial charge in [0.2, 0.25) is 0 Å². The summed E-state index contributed by atoms with van der Waals surface area (Å²) < 4.78 is 4.37. The zero-order valence-corrected chi connectivity index (χ0v) is 17.3. The van der Waals surface area contributed by atoms with Gasteiger partial charge in [-0.2, -0.15) is 10.2 Å². The molecular weight excluding hydrogens is 378 g/mol. The lowest BCUT2D eigenvalue weighted by Crippen LogP contribution is -1.83. The van der Waals surface area contributed by atoms with Crippen molar-refractivity contribution in [2.24, 2.45) is 16.0 Å². The van der Waals surface area contributed by atoms with E-state index in [1.54, 1.807) is 12.1 Å². The molecule has 4 N–H and O–H groups in total. The topological polar surface area (TPSA) is 110 Å². The highest BCUT2D eigenvalue weighted by Crippen LogP contribution is 2.43. The number of nitrogens with zero attached hydrogens (tertiary/aromatic N) is 2. The van der Waals surface area contributed by atoms with Gasteiger partial charge in [0.1, 0.15) is 5.69 Å². The van der Waals surface area contributed by atoms with Crippen molar-refractivity contribution in [1.29, 1.82) is 0 Å². The number of benzene rings is 3. The second-order valence-corrected chi connectivity index (χ2v) is 5.22. The third kappa shape index (κ3) is 8.47. The maximum atomic E-state index is 10.1. The third-order valence-corrected chi connectivity index (χ3v) is 3.60. The average Bonchev–Trinajstić information content (AvgIpc) is 2.79. The van der Waals surface area contributed by atoms with E-state index in [0.29, 0.717) is 10.3 Å². The van der Waals surface area contributed by atoms with Gasteiger partial charge in [0.05, 0.1) is 16.9 Å². The van der Waals surface area contributed by atoms with Crippen LogP contribution in [-0.4, -0.2) is 24.5 Å². The standard InChI is InChI=1S/C11H10N2O4S.C6H6.C2H6.CH5N/c1-12-13-10-9(18-17-16-15)6-7-4-2-3-5-8(7)11(10)14;1-2-4-6-5-3-1;2*1-2/h2-6,14-15H,1H3;1-6H;1-2H3;2H2,1H3. The van der Waals surface area contributed by atoms with Gasteiger partial charge in [-0.05, 0) is 18.5 Å². The Labute approximate surface area is 169 Å². The number of phenolic OH excluding ortho intramolecular Hbond substituents is 1. The van der Waals surface area contributed by atoms with Gasteiger partial charge in [-0.1, -0.05) is 79.5 Å². The average molecular weight is 406 g/mol. The normalized spacial score (nSPS) is 9.50. The van der Waals surface area contributed by atoms with Crippen molar-refractivity contribution in [2.75, 3.05) is 14.1 Å². The summed E-state index contributed by atoms with van der Waals surface area (Å²) in [6.45, 7) is 4.00. The van der Waals surface area contributed by atoms with Crippen LogP contribution < -0.4 is 5.73 Å². The predicted molar refractivity (Wildman–Crippen MR) is 115 cm³/mol. The Morgan fingerprint density at radius 3 is 1.96 bits per heavy atom. The summed E-state index contributed by atoms with van der Waals surface area (Å²) in [6, 6.07) is 21.0. The lowest BCUT2D eigenvalue weighted by atomic mass is 10.1. The van der Waals surface area contributed by atoms with Crippen molar-refractivity contribution in [3.8, 4) is 5.75 Å². The molecule has 28 heavy (non-hydrogen) atoms. The summed E-state index contributed by atoms with van der Waals surface area (Å²) in [5.74, 6) is 0.00254. The number of phenols is 1. The van der Waals surface area contributed by atoms with Crippen LogP contribution in [0.1, 0.15) is 13.8 Å². The molecule has 0 aliphatic heterocycles. The zero-order valence-electron chi connectivity index (χ0n) is 16.4. The van der Waals surface area contributed by atoms with E-state index in [1.807, 2.05) is 68.4 Å². The van der Waals surface area contributed by atoms with Crippen LogP contribution in [-0.2, 0) is 9.37 Å². The van der Waals surface area contributed by atoms with Crippen LogP contribution in [0.3, 0.4) is 0 Å². The van der Waals surface area contributed by atoms with Gasteiger partial charge in [-0.3, -0.25) is 0 Å². The smallest absolute Gasteiger partial charge is 0.152 e. The molecule has 8 heteroatoms. The molecule has 0 atom stereocenters. The van der Waals surface area contributed by atoms with Crippen LogP contribution in [0.25, 0.3) is 10.8 Å². The predicted octanol–water partition coefficient (Wildman–Crippen LogP) is 5.97. The second kappa shape index (κ2) is 16.7. The number of hydrogen-bond donors (Lipinski definition) is 3. The fourth-order valence-corrected chi connectivity index (χ4v) is 2.48. The maximum absolute atomic E-state index is 10.1. The minimum atomic E-state index is 0.00254. The SMILES string of the molecule is CC.CN.CN=Nc1c(SOOO)cc2ccccc2c1O.c1ccccc1. The van der Waals surface area contributed by atoms with Crippen molar-refractivity contribution in [1.82, 2.24) is 0 Å². The first-order valence-corrected chi connectivity index (χ1v) is 9.29. The Kier molecular flexibility index (Phi) is 15.2. The zero-order chi connectivity index (χ0) is 21.2. The van der Waals surface area contributed by atoms with Gasteiger partial charge in [-0.15, -0.1) is 4.33 Å². The molecule has 0 unspecified atom stereocenters. The minimum Gasteiger partial charge on any atom is -0.505 e. The van der Waals surface area contributed by atoms with E-state index < -0.39 is 0 Å². The highest BCUT2D eigenvalue weighted by Gasteiger charge is 2.14. The van der Waals surface area contributed by atoms with Crippen molar-refractivity contribution in [3.63, 3.8) is 0 Å². The molecule has 0 heterocycles. The molecule has 0 amide bonds. The van der Waals surface area contributed by atoms with E-state index >= 15 is 0 Å². The van der Waals surface area contributed by atoms with E-state index in [0.717, 1.165) is 17.4 Å². The van der Waals surface area contributed by atoms with Crippen molar-refractivity contribution in [2.45, 2.75) is 18.7 Å². The number of hydrogen-bond acceptors (Lipinski definition) is 8. The Bertz CT molecular complexity index is 775. The highest BCUT2D eigenvalue weighted by molar-refractivity contribution is 7.94. The van der Waals surface area contributed by atoms with Gasteiger partial charge in [-0.25, -0.2) is 5.26 Å². The van der Waals surface area contributed by atoms with Crippen LogP contribution in [0.15, 0.2) is 81.9 Å². The molecule has 0 bridgehead atoms. The van der Waals surface area contributed by atoms with Crippen LogP contribution in [0.4, 0.5) is 5.69 Å². The lowest BCUT2D eigenvalue weighted by molar-refractivity contribution is -0.432. The molecule has 0 saturated heterocycles. The van der Waals surface area contributed by atoms with Crippen molar-refractivity contribution < 1.29 is 19.7 Å². The molecule has 3 aromatic carbocycles. The van der Waals surface area contributed by atoms with Gasteiger partial charge in [0.15, 0.2) is 5.75 Å². The van der Waals surface area contributed by atoms with Gasteiger partial charge in [0.25, 0.3) is 0 Å². The Hall–Kier alpha value is -2.49. The molecule has 0 aliphatic rings. The Morgan fingerprint density at radius 2 is 1.46 bits per heavy atom. The summed E-state index contributed by atoms with van der Waals surface area (Å²) in [5, 5.41) is 30.8. The number of rotatable bonds is 4. The number of nitrogens with two attached hydrogens (primary N) is 1. The van der Waals surface area contributed by atoms with Gasteiger partial charge < -0.3 is 10.8 Å². The molecule has 0 aromatic heterocycles. The van der Waals surface area contributed by atoms with Gasteiger partial charge in [0, 0.05) is 12.4 Å². The van der Waals surface area contributed by atoms with Gasteiger partial charge >= 0.3 is 0 Å². The van der Waals surface area contributed by atoms with E-state index in [2.05, 4.69) is 25.3 Å². The molecule has 3 aromatic rings. The highest BCUT2D eigenvalue weighted by atomic mass is 32.2. The van der Waals surface area contributed by atoms with Crippen LogP contribution in [0.5, 0.6) is 5.75 Å². The van der Waals surface area contributed by atoms with E-state index in [1.165, 1.54) is 14.1 Å². The van der Waals surface area contributed by atoms with E-state index in [9.17, 15) is 5.11 Å². The van der Waals surface area contributed by atoms with Crippen molar-refractivity contribution >= 4 is 28.5 Å². The molecule has 0 fully saturated rings. The third-order valence-electron chi connectivity index (χ3n) is 2.98. The van der Waals surface area contributed by atoms with Crippen LogP contribution in [0.2, 0.25) is 0 Å². The van der Waals surface area contributed by atoms with Crippen LogP contribution in [0, 0.1) is 0 Å². The number of fused-ring (bicyclic) bond motifs is 1. The largest absolute Gasteiger partial charge is 0.505 e. The quantitative estimate of drug-likeness (QED) is 0.213. The molecule has 0 spiro atoms. The Morgan fingerprint density at radius 1 is 0.929 bits per heavy atom. The molecule has 0 aliphatic carbocycles. The monoisotopic (exact) mass is 405 g/mol. The molecule has 3 rings (SSSR count). The Balaban J connectivity index is 0.000000607. The summed E-state index contributed by atoms with van der Waals surface area (Å²) >= 11 is 0.730. The van der Waals surface area contributed by atoms with E-state index in [4.69, 9.17) is 5.26 Å². The fraction of sp³-hybridized carbons (Fsp3) is 0.200. The first kappa shape index (κ1) is 25.5. The number of aromatic hydroxyl groups is 1. The fourth-order valence-electron chi connectivity index (χ4n) is 1.99. The lowest BCUT2D eigenvalue weighted by Gasteiger charge is -2.08. The van der Waals surface area contributed by atoms with E-state index in [-0.39, 0.29) is 11.4 Å². The molecular formula is C20H27N3O4S. The molecule has 0 saturated carbocycles. The number of azo groups is 1. The summed E-state index contributed by atoms with van der Waals surface area (Å²) in [7, 11) is 2.99. The molecule has 7 nitrogen and oxygen atoms in total. The first-order chi connectivity index (χ1) is 13.8. The summed E-state index contributed by atoms with van der Waals surface area (Å²) in [5.41, 5.74) is 4.76. The molecule has 0 radical (unpaired) electrons. The second-order valence-electron chi connectivity index (χ2n) is 4.47. The van der Waals surface area contributed by atoms with Crippen molar-refractivity contribution in [3.05, 3.63) is 66.7 Å².